The molecule has 3 nitrogen and oxygen atoms in total. The monoisotopic (exact) mass is 290 g/mol. The summed E-state index contributed by atoms with van der Waals surface area (Å²) in [4.78, 5) is 17.6. The third-order valence-corrected chi connectivity index (χ3v) is 2.90. The van der Waals surface area contributed by atoms with Crippen LogP contribution in [0, 0.1) is 0 Å². The zero-order chi connectivity index (χ0) is 15.6. The molecule has 0 heterocycles. The number of hydrogen-bond acceptors (Lipinski definition) is 2. The highest BCUT2D eigenvalue weighted by Gasteiger charge is 2.05. The number of anilines is 1. The van der Waals surface area contributed by atoms with Gasteiger partial charge in [-0.1, -0.05) is 42.5 Å². The summed E-state index contributed by atoms with van der Waals surface area (Å²) >= 11 is 0. The molecule has 0 radical (unpaired) electrons. The highest BCUT2D eigenvalue weighted by molar-refractivity contribution is 5.93. The number of carbonyl (C=O) groups is 1. The fourth-order valence-electron chi connectivity index (χ4n) is 1.85. The summed E-state index contributed by atoms with van der Waals surface area (Å²) < 4.78 is 0. The fraction of sp³-hybridized carbons (Fsp3) is 0.0526. The molecule has 1 amide bonds. The van der Waals surface area contributed by atoms with E-state index in [-0.39, 0.29) is 5.91 Å². The lowest BCUT2D eigenvalue weighted by Crippen LogP contribution is -2.21. The first-order chi connectivity index (χ1) is 10.8. The Bertz CT molecular complexity index is 673. The number of hydrogen-bond donors (Lipinski definition) is 0. The maximum atomic E-state index is 11.7. The van der Waals surface area contributed by atoms with Crippen LogP contribution in [0.25, 0.3) is 0 Å². The van der Waals surface area contributed by atoms with Crippen molar-refractivity contribution in [3.05, 3.63) is 85.1 Å². The first-order valence-electron chi connectivity index (χ1n) is 7.05. The van der Waals surface area contributed by atoms with Crippen LogP contribution in [-0.4, -0.2) is 12.1 Å². The molecule has 0 N–H and O–H groups in total. The molecule has 110 valence electrons. The molecular weight excluding hydrogens is 272 g/mol. The maximum Gasteiger partial charge on any atom is 0.227 e. The Morgan fingerprint density at radius 3 is 2.18 bits per heavy atom. The molecule has 0 aliphatic carbocycles. The first kappa shape index (κ1) is 15.4. The van der Waals surface area contributed by atoms with Crippen LogP contribution in [0.3, 0.4) is 0 Å². The predicted octanol–water partition coefficient (Wildman–Crippen LogP) is 4.51. The van der Waals surface area contributed by atoms with Crippen molar-refractivity contribution in [3.8, 4) is 0 Å². The third kappa shape index (κ3) is 4.87. The number of nitrogens with zero attached hydrogens (tertiary/aromatic N) is 2. The first-order valence-corrected chi connectivity index (χ1v) is 7.05. The molecule has 0 saturated carbocycles. The van der Waals surface area contributed by atoms with Gasteiger partial charge in [0.1, 0.15) is 0 Å². The molecular formula is C19H18N2O. The number of aliphatic imine (C=N–C) groups is 1. The van der Waals surface area contributed by atoms with Crippen LogP contribution in [0.2, 0.25) is 0 Å². The lowest BCUT2D eigenvalue weighted by Gasteiger charge is -2.15. The highest BCUT2D eigenvalue weighted by Crippen LogP contribution is 2.13. The van der Waals surface area contributed by atoms with E-state index in [0.717, 1.165) is 11.4 Å². The summed E-state index contributed by atoms with van der Waals surface area (Å²) in [6.07, 6.45) is 8.94. The molecule has 3 heteroatoms. The maximum absolute atomic E-state index is 11.7. The zero-order valence-electron chi connectivity index (χ0n) is 12.5. The van der Waals surface area contributed by atoms with Gasteiger partial charge in [0.25, 0.3) is 0 Å². The molecule has 2 aromatic rings. The van der Waals surface area contributed by atoms with E-state index < -0.39 is 0 Å². The van der Waals surface area contributed by atoms with Crippen LogP contribution >= 0.6 is 0 Å². The predicted molar refractivity (Wildman–Crippen MR) is 92.5 cm³/mol. The number of allylic oxidation sites excluding steroid dienone is 3. The van der Waals surface area contributed by atoms with Gasteiger partial charge in [0.05, 0.1) is 5.69 Å². The van der Waals surface area contributed by atoms with Crippen LogP contribution in [0.5, 0.6) is 0 Å². The Balaban J connectivity index is 1.96. The second-order valence-corrected chi connectivity index (χ2v) is 4.56. The van der Waals surface area contributed by atoms with E-state index in [1.165, 1.54) is 6.92 Å². The minimum Gasteiger partial charge on any atom is -0.288 e. The van der Waals surface area contributed by atoms with Crippen LogP contribution < -0.4 is 4.90 Å². The van der Waals surface area contributed by atoms with Crippen LogP contribution in [0.4, 0.5) is 11.4 Å². The summed E-state index contributed by atoms with van der Waals surface area (Å²) in [6, 6.07) is 19.2. The van der Waals surface area contributed by atoms with Crippen LogP contribution in [0.1, 0.15) is 6.92 Å². The topological polar surface area (TPSA) is 32.7 Å². The Labute approximate surface area is 130 Å². The van der Waals surface area contributed by atoms with E-state index in [1.54, 1.807) is 17.3 Å². The summed E-state index contributed by atoms with van der Waals surface area (Å²) in [6.45, 7) is 1.54. The molecule has 0 atom stereocenters. The third-order valence-electron chi connectivity index (χ3n) is 2.90. The van der Waals surface area contributed by atoms with Gasteiger partial charge in [-0.25, -0.2) is 0 Å². The zero-order valence-corrected chi connectivity index (χ0v) is 12.5. The standard InChI is InChI=1S/C19H18N2O/c1-17(22)21(19-13-7-3-8-14-19)16-10-4-9-15-20-18-11-5-2-6-12-18/h2-16H,1H3/b9-4+,16-10+,20-15+. The van der Waals surface area contributed by atoms with E-state index in [2.05, 4.69) is 4.99 Å². The minimum absolute atomic E-state index is 0.0335. The number of rotatable bonds is 5. The van der Waals surface area contributed by atoms with Crippen molar-refractivity contribution in [2.45, 2.75) is 6.92 Å². The lowest BCUT2D eigenvalue weighted by molar-refractivity contribution is -0.116. The summed E-state index contributed by atoms with van der Waals surface area (Å²) in [5, 5.41) is 0. The van der Waals surface area contributed by atoms with Crippen LogP contribution in [-0.2, 0) is 4.79 Å². The van der Waals surface area contributed by atoms with E-state index >= 15 is 0 Å². The summed E-state index contributed by atoms with van der Waals surface area (Å²) in [7, 11) is 0. The molecule has 0 aliphatic heterocycles. The molecule has 0 fully saturated rings. The number of benzene rings is 2. The molecule has 0 saturated heterocycles. The molecule has 2 aromatic carbocycles. The lowest BCUT2D eigenvalue weighted by atomic mass is 10.3. The SMILES string of the molecule is CC(=O)N(/C=C/C=C/C=N/c1ccccc1)c1ccccc1. The van der Waals surface area contributed by atoms with Gasteiger partial charge >= 0.3 is 0 Å². The Morgan fingerprint density at radius 2 is 1.55 bits per heavy atom. The molecule has 22 heavy (non-hydrogen) atoms. The van der Waals surface area contributed by atoms with Crippen molar-refractivity contribution in [2.24, 2.45) is 4.99 Å². The Hall–Kier alpha value is -2.94. The second kappa shape index (κ2) is 8.37. The van der Waals surface area contributed by atoms with Gasteiger partial charge in [-0.3, -0.25) is 14.7 Å². The Morgan fingerprint density at radius 1 is 0.909 bits per heavy atom. The molecule has 0 unspecified atom stereocenters. The fourth-order valence-corrected chi connectivity index (χ4v) is 1.85. The molecule has 0 bridgehead atoms. The number of amides is 1. The van der Waals surface area contributed by atoms with Gasteiger partial charge in [-0.15, -0.1) is 0 Å². The van der Waals surface area contributed by atoms with Crippen molar-refractivity contribution in [2.75, 3.05) is 4.90 Å². The van der Waals surface area contributed by atoms with Crippen molar-refractivity contribution < 1.29 is 4.79 Å². The minimum atomic E-state index is -0.0335. The summed E-state index contributed by atoms with van der Waals surface area (Å²) in [5.74, 6) is -0.0335. The van der Waals surface area contributed by atoms with Gasteiger partial charge in [0, 0.05) is 25.0 Å². The van der Waals surface area contributed by atoms with Gasteiger partial charge in [-0.05, 0) is 36.4 Å². The van der Waals surface area contributed by atoms with E-state index in [0.29, 0.717) is 0 Å². The van der Waals surface area contributed by atoms with E-state index in [4.69, 9.17) is 0 Å². The molecule has 0 spiro atoms. The molecule has 0 aliphatic rings. The van der Waals surface area contributed by atoms with Crippen molar-refractivity contribution in [3.63, 3.8) is 0 Å². The Kier molecular flexibility index (Phi) is 5.88. The van der Waals surface area contributed by atoms with Crippen LogP contribution in [0.15, 0.2) is 90.1 Å². The van der Waals surface area contributed by atoms with Gasteiger partial charge in [-0.2, -0.15) is 0 Å². The second-order valence-electron chi connectivity index (χ2n) is 4.56. The molecule has 2 rings (SSSR count). The normalized spacial score (nSPS) is 11.5. The average Bonchev–Trinajstić information content (AvgIpc) is 2.55. The number of carbonyl (C=O) groups excluding carboxylic acids is 1. The number of para-hydroxylation sites is 2. The van der Waals surface area contributed by atoms with Crippen molar-refractivity contribution >= 4 is 23.5 Å². The average molecular weight is 290 g/mol. The van der Waals surface area contributed by atoms with Crippen molar-refractivity contribution in [1.29, 1.82) is 0 Å². The van der Waals surface area contributed by atoms with Gasteiger partial charge in [0.15, 0.2) is 0 Å². The van der Waals surface area contributed by atoms with Gasteiger partial charge in [0.2, 0.25) is 5.91 Å². The van der Waals surface area contributed by atoms with Crippen molar-refractivity contribution in [1.82, 2.24) is 0 Å². The highest BCUT2D eigenvalue weighted by atomic mass is 16.2. The summed E-state index contributed by atoms with van der Waals surface area (Å²) in [5.41, 5.74) is 1.75. The smallest absolute Gasteiger partial charge is 0.227 e. The van der Waals surface area contributed by atoms with E-state index in [1.807, 2.05) is 78.9 Å². The van der Waals surface area contributed by atoms with E-state index in [9.17, 15) is 4.79 Å². The van der Waals surface area contributed by atoms with Gasteiger partial charge < -0.3 is 0 Å². The quantitative estimate of drug-likeness (QED) is 0.589. The largest absolute Gasteiger partial charge is 0.288 e. The molecule has 0 aromatic heterocycles.